The van der Waals surface area contributed by atoms with Crippen LogP contribution in [0, 0.1) is 17.6 Å². The van der Waals surface area contributed by atoms with Crippen LogP contribution >= 0.6 is 0 Å². The minimum Gasteiger partial charge on any atom is -0.344 e. The highest BCUT2D eigenvalue weighted by molar-refractivity contribution is 5.95. The molecule has 0 aromatic heterocycles. The van der Waals surface area contributed by atoms with Crippen molar-refractivity contribution in [2.45, 2.75) is 88.9 Å². The number of carbonyl (C=O) groups excluding carboxylic acids is 4. The van der Waals surface area contributed by atoms with Crippen LogP contribution in [0.2, 0.25) is 0 Å². The molecule has 4 amide bonds. The lowest BCUT2D eigenvalue weighted by Gasteiger charge is -2.29. The van der Waals surface area contributed by atoms with E-state index >= 15 is 0 Å². The van der Waals surface area contributed by atoms with Crippen LogP contribution in [0.4, 0.5) is 8.78 Å². The summed E-state index contributed by atoms with van der Waals surface area (Å²) in [4.78, 5) is 54.9. The maximum Gasteiger partial charge on any atom is 0.243 e. The average molecular weight is 726 g/mol. The second kappa shape index (κ2) is 19.1. The van der Waals surface area contributed by atoms with E-state index in [0.29, 0.717) is 30.5 Å². The molecule has 11 heteroatoms. The second-order valence-electron chi connectivity index (χ2n) is 13.8. The fourth-order valence-electron chi connectivity index (χ4n) is 6.98. The minimum atomic E-state index is -0.994. The molecule has 1 saturated carbocycles. The SMILES string of the molecule is CCC(=O)N[C@@H](Cc1ccc2ccccc2c1)C(=O)N[C@H](C(=O)N[C@@H](CCCCN)C(=O)NC(c1ccc(F)cc1)c1ccc(F)cc1)C1CCCC1. The Morgan fingerprint density at radius 2 is 1.30 bits per heavy atom. The van der Waals surface area contributed by atoms with Gasteiger partial charge in [-0.1, -0.05) is 86.5 Å². The molecule has 6 N–H and O–H groups in total. The van der Waals surface area contributed by atoms with E-state index in [2.05, 4.69) is 21.3 Å². The summed E-state index contributed by atoms with van der Waals surface area (Å²) in [6.07, 6.45) is 5.08. The predicted octanol–water partition coefficient (Wildman–Crippen LogP) is 5.75. The Morgan fingerprint density at radius 3 is 1.91 bits per heavy atom. The number of halogens is 2. The average Bonchev–Trinajstić information content (AvgIpc) is 3.71. The third-order valence-electron chi connectivity index (χ3n) is 9.95. The number of hydrogen-bond acceptors (Lipinski definition) is 5. The molecule has 0 radical (unpaired) electrons. The van der Waals surface area contributed by atoms with Gasteiger partial charge in [0.25, 0.3) is 0 Å². The van der Waals surface area contributed by atoms with Crippen molar-refractivity contribution in [2.75, 3.05) is 6.54 Å². The minimum absolute atomic E-state index is 0.166. The number of fused-ring (bicyclic) bond motifs is 1. The number of benzene rings is 4. The first-order valence-corrected chi connectivity index (χ1v) is 18.5. The summed E-state index contributed by atoms with van der Waals surface area (Å²) in [6.45, 7) is 2.11. The third-order valence-corrected chi connectivity index (χ3v) is 9.95. The maximum absolute atomic E-state index is 14.2. The Hall–Kier alpha value is -5.16. The Labute approximate surface area is 309 Å². The molecule has 0 spiro atoms. The molecule has 1 fully saturated rings. The van der Waals surface area contributed by atoms with E-state index in [1.54, 1.807) is 31.2 Å². The number of nitrogens with two attached hydrogens (primary N) is 1. The summed E-state index contributed by atoms with van der Waals surface area (Å²) in [7, 11) is 0. The zero-order valence-corrected chi connectivity index (χ0v) is 30.1. The van der Waals surface area contributed by atoms with Gasteiger partial charge in [0.2, 0.25) is 23.6 Å². The molecule has 0 heterocycles. The van der Waals surface area contributed by atoms with Crippen LogP contribution in [0.25, 0.3) is 10.8 Å². The molecule has 0 saturated heterocycles. The van der Waals surface area contributed by atoms with Gasteiger partial charge in [-0.05, 0) is 96.3 Å². The summed E-state index contributed by atoms with van der Waals surface area (Å²) in [5, 5.41) is 13.8. The van der Waals surface area contributed by atoms with Crippen molar-refractivity contribution in [3.05, 3.63) is 119 Å². The zero-order chi connectivity index (χ0) is 37.7. The van der Waals surface area contributed by atoms with E-state index in [9.17, 15) is 28.0 Å². The molecule has 53 heavy (non-hydrogen) atoms. The van der Waals surface area contributed by atoms with Gasteiger partial charge in [-0.2, -0.15) is 0 Å². The van der Waals surface area contributed by atoms with Crippen LogP contribution in [0.3, 0.4) is 0 Å². The summed E-state index contributed by atoms with van der Waals surface area (Å²) in [5.74, 6) is -2.82. The van der Waals surface area contributed by atoms with Gasteiger partial charge in [0.1, 0.15) is 29.8 Å². The summed E-state index contributed by atoms with van der Waals surface area (Å²) >= 11 is 0. The fourth-order valence-corrected chi connectivity index (χ4v) is 6.98. The quantitative estimate of drug-likeness (QED) is 0.0882. The molecule has 280 valence electrons. The van der Waals surface area contributed by atoms with E-state index in [1.807, 2.05) is 42.5 Å². The van der Waals surface area contributed by atoms with E-state index in [1.165, 1.54) is 24.3 Å². The molecular formula is C42H49F2N5O4. The lowest BCUT2D eigenvalue weighted by molar-refractivity contribution is -0.135. The fraction of sp³-hybridized carbons (Fsp3) is 0.381. The number of hydrogen-bond donors (Lipinski definition) is 5. The number of nitrogens with one attached hydrogen (secondary N) is 4. The normalized spacial score (nSPS) is 14.7. The molecule has 0 unspecified atom stereocenters. The smallest absolute Gasteiger partial charge is 0.243 e. The van der Waals surface area contributed by atoms with Crippen LogP contribution < -0.4 is 27.0 Å². The Bertz CT molecular complexity index is 1800. The van der Waals surface area contributed by atoms with Crippen LogP contribution in [0.1, 0.15) is 81.0 Å². The topological polar surface area (TPSA) is 142 Å². The summed E-state index contributed by atoms with van der Waals surface area (Å²) in [5.41, 5.74) is 7.76. The first kappa shape index (κ1) is 39.1. The Kier molecular flexibility index (Phi) is 14.1. The van der Waals surface area contributed by atoms with Gasteiger partial charge in [0.15, 0.2) is 0 Å². The standard InChI is InChI=1S/C42H49F2N5O4/c1-2-37(50)46-36(26-27-14-15-28-9-3-6-12-32(28)25-27)41(52)49-39(29-10-4-5-11-29)42(53)47-35(13-7-8-24-45)40(51)48-38(30-16-20-33(43)21-17-30)31-18-22-34(44)23-19-31/h3,6,9,12,14-23,25,29,35-36,38-39H,2,4-5,7-8,10-11,13,24,26,45H2,1H3,(H,46,50)(H,47,53)(H,48,51)(H,49,52)/t35-,36-,39-/m0/s1. The van der Waals surface area contributed by atoms with Crippen molar-refractivity contribution < 1.29 is 28.0 Å². The van der Waals surface area contributed by atoms with Crippen molar-refractivity contribution >= 4 is 34.4 Å². The highest BCUT2D eigenvalue weighted by Gasteiger charge is 2.36. The lowest BCUT2D eigenvalue weighted by Crippen LogP contribution is -2.59. The number of unbranched alkanes of at least 4 members (excludes halogenated alkanes) is 1. The third kappa shape index (κ3) is 10.9. The Morgan fingerprint density at radius 1 is 0.698 bits per heavy atom. The van der Waals surface area contributed by atoms with E-state index in [-0.39, 0.29) is 31.1 Å². The van der Waals surface area contributed by atoms with Crippen LogP contribution in [-0.2, 0) is 25.6 Å². The highest BCUT2D eigenvalue weighted by Crippen LogP contribution is 2.29. The second-order valence-corrected chi connectivity index (χ2v) is 13.8. The van der Waals surface area contributed by atoms with E-state index in [4.69, 9.17) is 5.73 Å². The molecule has 1 aliphatic rings. The largest absolute Gasteiger partial charge is 0.344 e. The first-order chi connectivity index (χ1) is 25.6. The van der Waals surface area contributed by atoms with Crippen molar-refractivity contribution in [2.24, 2.45) is 11.7 Å². The van der Waals surface area contributed by atoms with Crippen molar-refractivity contribution in [3.63, 3.8) is 0 Å². The predicted molar refractivity (Wildman–Crippen MR) is 201 cm³/mol. The molecule has 9 nitrogen and oxygen atoms in total. The van der Waals surface area contributed by atoms with Gasteiger partial charge < -0.3 is 27.0 Å². The van der Waals surface area contributed by atoms with Crippen molar-refractivity contribution in [1.82, 2.24) is 21.3 Å². The highest BCUT2D eigenvalue weighted by atomic mass is 19.1. The molecule has 5 rings (SSSR count). The van der Waals surface area contributed by atoms with Gasteiger partial charge in [-0.3, -0.25) is 19.2 Å². The summed E-state index contributed by atoms with van der Waals surface area (Å²) < 4.78 is 27.7. The van der Waals surface area contributed by atoms with Gasteiger partial charge >= 0.3 is 0 Å². The van der Waals surface area contributed by atoms with Gasteiger partial charge in [0, 0.05) is 12.8 Å². The van der Waals surface area contributed by atoms with Crippen LogP contribution in [0.15, 0.2) is 91.0 Å². The Balaban J connectivity index is 1.37. The van der Waals surface area contributed by atoms with E-state index < -0.39 is 53.5 Å². The molecule has 0 bridgehead atoms. The van der Waals surface area contributed by atoms with Crippen LogP contribution in [0.5, 0.6) is 0 Å². The van der Waals surface area contributed by atoms with Crippen molar-refractivity contribution in [1.29, 1.82) is 0 Å². The van der Waals surface area contributed by atoms with Gasteiger partial charge in [0.05, 0.1) is 6.04 Å². The molecule has 4 aromatic carbocycles. The van der Waals surface area contributed by atoms with Gasteiger partial charge in [-0.15, -0.1) is 0 Å². The lowest BCUT2D eigenvalue weighted by atomic mass is 9.95. The summed E-state index contributed by atoms with van der Waals surface area (Å²) in [6, 6.07) is 21.4. The van der Waals surface area contributed by atoms with E-state index in [0.717, 1.165) is 42.0 Å². The monoisotopic (exact) mass is 725 g/mol. The van der Waals surface area contributed by atoms with Gasteiger partial charge in [-0.25, -0.2) is 8.78 Å². The molecule has 3 atom stereocenters. The van der Waals surface area contributed by atoms with Crippen LogP contribution in [-0.4, -0.2) is 48.3 Å². The maximum atomic E-state index is 14.2. The first-order valence-electron chi connectivity index (χ1n) is 18.5. The number of rotatable bonds is 17. The van der Waals surface area contributed by atoms with Crippen molar-refractivity contribution in [3.8, 4) is 0 Å². The molecular weight excluding hydrogens is 676 g/mol. The molecule has 0 aliphatic heterocycles. The number of carbonyl (C=O) groups is 4. The molecule has 4 aromatic rings. The molecule has 1 aliphatic carbocycles. The zero-order valence-electron chi connectivity index (χ0n) is 30.1. The number of amides is 4.